The summed E-state index contributed by atoms with van der Waals surface area (Å²) < 4.78 is 10.9. The summed E-state index contributed by atoms with van der Waals surface area (Å²) in [4.78, 5) is 14.8. The Morgan fingerprint density at radius 1 is 1.24 bits per heavy atom. The third kappa shape index (κ3) is 4.92. The van der Waals surface area contributed by atoms with Crippen molar-refractivity contribution in [3.8, 4) is 5.75 Å². The summed E-state index contributed by atoms with van der Waals surface area (Å²) in [6, 6.07) is 17.6. The minimum atomic E-state index is -0.896. The molecule has 6 heteroatoms. The first-order valence-corrected chi connectivity index (χ1v) is 11.7. The Morgan fingerprint density at radius 2 is 2.06 bits per heavy atom. The lowest BCUT2D eigenvalue weighted by molar-refractivity contribution is -0.124. The normalized spacial score (nSPS) is 27.3. The monoisotopic (exact) mass is 450 g/mol. The van der Waals surface area contributed by atoms with Gasteiger partial charge in [-0.1, -0.05) is 48.5 Å². The van der Waals surface area contributed by atoms with E-state index >= 15 is 0 Å². The third-order valence-corrected chi connectivity index (χ3v) is 7.28. The molecule has 0 bridgehead atoms. The number of amides is 1. The maximum absolute atomic E-state index is 12.6. The maximum atomic E-state index is 12.6. The van der Waals surface area contributed by atoms with Gasteiger partial charge in [0.25, 0.3) is 0 Å². The lowest BCUT2D eigenvalue weighted by atomic mass is 9.55. The number of piperidine rings is 1. The van der Waals surface area contributed by atoms with Crippen molar-refractivity contribution in [2.75, 3.05) is 26.7 Å². The Labute approximate surface area is 196 Å². The van der Waals surface area contributed by atoms with Gasteiger partial charge in [-0.05, 0) is 55.5 Å². The molecule has 2 fully saturated rings. The summed E-state index contributed by atoms with van der Waals surface area (Å²) in [5, 5.41) is 15.1. The summed E-state index contributed by atoms with van der Waals surface area (Å²) in [5.41, 5.74) is 0.640. The molecule has 33 heavy (non-hydrogen) atoms. The lowest BCUT2D eigenvalue weighted by Crippen LogP contribution is -2.67. The topological polar surface area (TPSA) is 71.0 Å². The van der Waals surface area contributed by atoms with Crippen molar-refractivity contribution in [2.45, 2.75) is 49.3 Å². The molecule has 176 valence electrons. The van der Waals surface area contributed by atoms with E-state index in [0.717, 1.165) is 36.4 Å². The number of fused-ring (bicyclic) bond motifs is 1. The molecule has 2 N–H and O–H groups in total. The summed E-state index contributed by atoms with van der Waals surface area (Å²) in [7, 11) is 1.66. The average Bonchev–Trinajstić information content (AvgIpc) is 2.84. The maximum Gasteiger partial charge on any atom is 0.407 e. The van der Waals surface area contributed by atoms with E-state index in [0.29, 0.717) is 25.8 Å². The Bertz CT molecular complexity index is 966. The number of hydrogen-bond donors (Lipinski definition) is 2. The van der Waals surface area contributed by atoms with Crippen LogP contribution < -0.4 is 10.1 Å². The van der Waals surface area contributed by atoms with E-state index in [1.165, 1.54) is 0 Å². The molecular formula is C27H34N2O4. The summed E-state index contributed by atoms with van der Waals surface area (Å²) >= 11 is 0. The number of aliphatic hydroxyl groups is 1. The summed E-state index contributed by atoms with van der Waals surface area (Å²) in [6.45, 7) is 6.30. The van der Waals surface area contributed by atoms with Gasteiger partial charge in [0.1, 0.15) is 12.4 Å². The number of hydrogen-bond acceptors (Lipinski definition) is 5. The van der Waals surface area contributed by atoms with Crippen LogP contribution in [0.3, 0.4) is 0 Å². The number of methoxy groups -OCH3 is 1. The van der Waals surface area contributed by atoms with Crippen LogP contribution in [0.4, 0.5) is 4.79 Å². The van der Waals surface area contributed by atoms with Crippen LogP contribution in [0.1, 0.15) is 36.8 Å². The van der Waals surface area contributed by atoms with Crippen molar-refractivity contribution in [3.63, 3.8) is 0 Å². The highest BCUT2D eigenvalue weighted by Crippen LogP contribution is 2.52. The molecule has 0 aromatic heterocycles. The Kier molecular flexibility index (Phi) is 7.05. The average molecular weight is 451 g/mol. The standard InChI is InChI=1S/C27H34N2O4/c1-3-15-29-16-14-26(22-10-7-11-24(17-22)32-2)18-23(12-13-27(26,31)20-29)28-25(30)33-19-21-8-5-4-6-9-21/h3-11,17,23,31H,1,12-16,18-20H2,2H3,(H,28,30). The predicted octanol–water partition coefficient (Wildman–Crippen LogP) is 4.03. The molecule has 6 nitrogen and oxygen atoms in total. The summed E-state index contributed by atoms with van der Waals surface area (Å²) in [5.74, 6) is 0.773. The van der Waals surface area contributed by atoms with Crippen LogP contribution in [0.2, 0.25) is 0 Å². The fourth-order valence-electron chi connectivity index (χ4n) is 5.57. The van der Waals surface area contributed by atoms with E-state index in [4.69, 9.17) is 9.47 Å². The Morgan fingerprint density at radius 3 is 2.82 bits per heavy atom. The Hall–Kier alpha value is -2.83. The molecule has 1 amide bonds. The van der Waals surface area contributed by atoms with E-state index in [1.54, 1.807) is 7.11 Å². The van der Waals surface area contributed by atoms with Gasteiger partial charge in [0, 0.05) is 24.5 Å². The van der Waals surface area contributed by atoms with Crippen LogP contribution in [0.25, 0.3) is 0 Å². The van der Waals surface area contributed by atoms with Crippen molar-refractivity contribution < 1.29 is 19.4 Å². The first kappa shape index (κ1) is 23.3. The number of ether oxygens (including phenoxy) is 2. The zero-order chi connectivity index (χ0) is 23.3. The first-order chi connectivity index (χ1) is 16.0. The van der Waals surface area contributed by atoms with E-state index in [1.807, 2.05) is 54.6 Å². The second-order valence-electron chi connectivity index (χ2n) is 9.27. The fourth-order valence-corrected chi connectivity index (χ4v) is 5.57. The van der Waals surface area contributed by atoms with Gasteiger partial charge in [0.2, 0.25) is 0 Å². The van der Waals surface area contributed by atoms with Crippen LogP contribution in [0, 0.1) is 0 Å². The second-order valence-corrected chi connectivity index (χ2v) is 9.27. The van der Waals surface area contributed by atoms with Crippen LogP contribution in [0.5, 0.6) is 5.75 Å². The van der Waals surface area contributed by atoms with Crippen molar-refractivity contribution in [1.82, 2.24) is 10.2 Å². The molecule has 2 aromatic rings. The minimum absolute atomic E-state index is 0.0781. The number of carbonyl (C=O) groups excluding carboxylic acids is 1. The molecule has 1 saturated carbocycles. The molecule has 2 aliphatic rings. The molecule has 0 spiro atoms. The minimum Gasteiger partial charge on any atom is -0.497 e. The van der Waals surface area contributed by atoms with Gasteiger partial charge in [0.15, 0.2) is 0 Å². The molecular weight excluding hydrogens is 416 g/mol. The van der Waals surface area contributed by atoms with E-state index in [-0.39, 0.29) is 12.6 Å². The zero-order valence-corrected chi connectivity index (χ0v) is 19.3. The van der Waals surface area contributed by atoms with Gasteiger partial charge in [0.05, 0.1) is 12.7 Å². The number of β-amino-alcohol motifs (C(OH)–C–C–N with tert-alkyl or cyclic N) is 1. The van der Waals surface area contributed by atoms with E-state index in [2.05, 4.69) is 22.9 Å². The lowest BCUT2D eigenvalue weighted by Gasteiger charge is -2.58. The number of carbonyl (C=O) groups is 1. The molecule has 1 aliphatic carbocycles. The van der Waals surface area contributed by atoms with Crippen LogP contribution in [-0.2, 0) is 16.8 Å². The van der Waals surface area contributed by atoms with Gasteiger partial charge in [-0.25, -0.2) is 4.79 Å². The predicted molar refractivity (Wildman–Crippen MR) is 128 cm³/mol. The smallest absolute Gasteiger partial charge is 0.407 e. The van der Waals surface area contributed by atoms with Crippen LogP contribution in [0.15, 0.2) is 67.3 Å². The van der Waals surface area contributed by atoms with E-state index < -0.39 is 17.1 Å². The summed E-state index contributed by atoms with van der Waals surface area (Å²) in [6.07, 6.45) is 4.21. The highest BCUT2D eigenvalue weighted by molar-refractivity contribution is 5.67. The second kappa shape index (κ2) is 9.98. The Balaban J connectivity index is 1.53. The van der Waals surface area contributed by atoms with Crippen LogP contribution in [-0.4, -0.2) is 54.5 Å². The van der Waals surface area contributed by atoms with Crippen molar-refractivity contribution in [2.24, 2.45) is 0 Å². The van der Waals surface area contributed by atoms with Gasteiger partial charge in [-0.3, -0.25) is 4.90 Å². The highest BCUT2D eigenvalue weighted by Gasteiger charge is 2.57. The fraction of sp³-hybridized carbons (Fsp3) is 0.444. The first-order valence-electron chi connectivity index (χ1n) is 11.7. The van der Waals surface area contributed by atoms with Gasteiger partial charge < -0.3 is 19.9 Å². The largest absolute Gasteiger partial charge is 0.497 e. The van der Waals surface area contributed by atoms with Crippen LogP contribution >= 0.6 is 0 Å². The SMILES string of the molecule is C=CCN1CCC2(c3cccc(OC)c3)CC(NC(=O)OCc3ccccc3)CCC2(O)C1. The van der Waals surface area contributed by atoms with Gasteiger partial charge >= 0.3 is 6.09 Å². The number of likely N-dealkylation sites (tertiary alicyclic amines) is 1. The third-order valence-electron chi connectivity index (χ3n) is 7.28. The molecule has 1 saturated heterocycles. The van der Waals surface area contributed by atoms with Gasteiger partial charge in [-0.15, -0.1) is 6.58 Å². The van der Waals surface area contributed by atoms with Crippen molar-refractivity contribution in [1.29, 1.82) is 0 Å². The zero-order valence-electron chi connectivity index (χ0n) is 19.3. The van der Waals surface area contributed by atoms with Crippen molar-refractivity contribution in [3.05, 3.63) is 78.4 Å². The molecule has 0 radical (unpaired) electrons. The molecule has 4 rings (SSSR count). The molecule has 2 aromatic carbocycles. The number of benzene rings is 2. The quantitative estimate of drug-likeness (QED) is 0.623. The number of nitrogens with zero attached hydrogens (tertiary/aromatic N) is 1. The van der Waals surface area contributed by atoms with Crippen molar-refractivity contribution >= 4 is 6.09 Å². The van der Waals surface area contributed by atoms with E-state index in [9.17, 15) is 9.90 Å². The van der Waals surface area contributed by atoms with Gasteiger partial charge in [-0.2, -0.15) is 0 Å². The number of rotatable bonds is 7. The molecule has 3 atom stereocenters. The number of nitrogens with one attached hydrogen (secondary N) is 1. The molecule has 1 heterocycles. The molecule has 1 aliphatic heterocycles. The number of alkyl carbamates (subject to hydrolysis) is 1. The highest BCUT2D eigenvalue weighted by atomic mass is 16.5. The molecule has 3 unspecified atom stereocenters.